The summed E-state index contributed by atoms with van der Waals surface area (Å²) in [5.74, 6) is 0.0907. The zero-order valence-electron chi connectivity index (χ0n) is 12.6. The molecule has 0 atom stereocenters. The van der Waals surface area contributed by atoms with Gasteiger partial charge in [0.15, 0.2) is 6.61 Å². The number of para-hydroxylation sites is 1. The van der Waals surface area contributed by atoms with E-state index in [0.29, 0.717) is 28.6 Å². The zero-order chi connectivity index (χ0) is 16.7. The molecule has 120 valence electrons. The Morgan fingerprint density at radius 2 is 1.83 bits per heavy atom. The summed E-state index contributed by atoms with van der Waals surface area (Å²) in [6, 6.07) is 13.8. The highest BCUT2D eigenvalue weighted by atomic mass is 35.5. The van der Waals surface area contributed by atoms with E-state index in [1.54, 1.807) is 55.5 Å². The molecule has 2 N–H and O–H groups in total. The number of hydrogen-bond acceptors (Lipinski definition) is 3. The number of amides is 2. The number of anilines is 2. The fourth-order valence-corrected chi connectivity index (χ4v) is 1.99. The van der Waals surface area contributed by atoms with Crippen LogP contribution in [-0.4, -0.2) is 18.4 Å². The number of carbonyl (C=O) groups excluding carboxylic acids is 2. The average molecular weight is 333 g/mol. The Labute approximate surface area is 139 Å². The van der Waals surface area contributed by atoms with E-state index in [1.165, 1.54) is 0 Å². The molecule has 23 heavy (non-hydrogen) atoms. The maximum atomic E-state index is 11.9. The number of benzene rings is 2. The van der Waals surface area contributed by atoms with Crippen LogP contribution < -0.4 is 15.4 Å². The van der Waals surface area contributed by atoms with Gasteiger partial charge in [0.1, 0.15) is 5.75 Å². The van der Waals surface area contributed by atoms with E-state index in [0.717, 1.165) is 0 Å². The van der Waals surface area contributed by atoms with Gasteiger partial charge < -0.3 is 15.4 Å². The minimum absolute atomic E-state index is 0.0846. The Bertz CT molecular complexity index is 704. The van der Waals surface area contributed by atoms with Crippen LogP contribution in [0, 0.1) is 0 Å². The van der Waals surface area contributed by atoms with Crippen LogP contribution in [0.2, 0.25) is 5.02 Å². The van der Waals surface area contributed by atoms with Crippen LogP contribution in [0.1, 0.15) is 13.3 Å². The second-order valence-electron chi connectivity index (χ2n) is 4.75. The van der Waals surface area contributed by atoms with E-state index in [-0.39, 0.29) is 18.4 Å². The zero-order valence-corrected chi connectivity index (χ0v) is 13.4. The molecule has 0 aliphatic heterocycles. The molecule has 2 amide bonds. The standard InChI is InChI=1S/C17H17ClN2O3/c1-2-16(21)19-12-6-5-7-13(10-12)23-11-17(22)20-15-9-4-3-8-14(15)18/h3-10H,2,11H2,1H3,(H,19,21)(H,20,22). The Morgan fingerprint density at radius 3 is 2.57 bits per heavy atom. The monoisotopic (exact) mass is 332 g/mol. The van der Waals surface area contributed by atoms with E-state index >= 15 is 0 Å². The number of hydrogen-bond donors (Lipinski definition) is 2. The highest BCUT2D eigenvalue weighted by Crippen LogP contribution is 2.21. The maximum absolute atomic E-state index is 11.9. The van der Waals surface area contributed by atoms with E-state index in [2.05, 4.69) is 10.6 Å². The lowest BCUT2D eigenvalue weighted by Gasteiger charge is -2.10. The van der Waals surface area contributed by atoms with Crippen LogP contribution in [0.25, 0.3) is 0 Å². The molecule has 6 heteroatoms. The molecule has 0 aliphatic carbocycles. The van der Waals surface area contributed by atoms with Gasteiger partial charge in [0, 0.05) is 18.2 Å². The summed E-state index contributed by atoms with van der Waals surface area (Å²) in [5, 5.41) is 5.86. The average Bonchev–Trinajstić information content (AvgIpc) is 2.55. The van der Waals surface area contributed by atoms with Crippen molar-refractivity contribution in [3.63, 3.8) is 0 Å². The summed E-state index contributed by atoms with van der Waals surface area (Å²) >= 11 is 5.97. The Balaban J connectivity index is 1.90. The fourth-order valence-electron chi connectivity index (χ4n) is 1.81. The molecule has 0 saturated heterocycles. The van der Waals surface area contributed by atoms with Crippen LogP contribution in [0.15, 0.2) is 48.5 Å². The summed E-state index contributed by atoms with van der Waals surface area (Å²) in [5.41, 5.74) is 1.16. The van der Waals surface area contributed by atoms with Gasteiger partial charge in [0.25, 0.3) is 5.91 Å². The fraction of sp³-hybridized carbons (Fsp3) is 0.176. The molecule has 2 aromatic rings. The summed E-state index contributed by atoms with van der Waals surface area (Å²) in [4.78, 5) is 23.2. The van der Waals surface area contributed by atoms with Crippen LogP contribution >= 0.6 is 11.6 Å². The molecule has 0 spiro atoms. The molecule has 0 radical (unpaired) electrons. The van der Waals surface area contributed by atoms with Crippen molar-refractivity contribution in [2.45, 2.75) is 13.3 Å². The lowest BCUT2D eigenvalue weighted by atomic mass is 10.3. The number of nitrogens with one attached hydrogen (secondary N) is 2. The molecule has 0 heterocycles. The summed E-state index contributed by atoms with van der Waals surface area (Å²) in [6.07, 6.45) is 0.394. The molecule has 2 rings (SSSR count). The van der Waals surface area contributed by atoms with Gasteiger partial charge in [0.05, 0.1) is 10.7 Å². The number of halogens is 1. The summed E-state index contributed by atoms with van der Waals surface area (Å²) in [7, 11) is 0. The third kappa shape index (κ3) is 5.30. The topological polar surface area (TPSA) is 67.4 Å². The first-order valence-electron chi connectivity index (χ1n) is 7.15. The SMILES string of the molecule is CCC(=O)Nc1cccc(OCC(=O)Nc2ccccc2Cl)c1. The minimum Gasteiger partial charge on any atom is -0.484 e. The van der Waals surface area contributed by atoms with E-state index < -0.39 is 0 Å². The van der Waals surface area contributed by atoms with Gasteiger partial charge in [-0.05, 0) is 24.3 Å². The molecule has 2 aromatic carbocycles. The van der Waals surface area contributed by atoms with Gasteiger partial charge in [-0.1, -0.05) is 36.7 Å². The van der Waals surface area contributed by atoms with Gasteiger partial charge in [-0.3, -0.25) is 9.59 Å². The normalized spacial score (nSPS) is 10.0. The Kier molecular flexibility index (Phi) is 6.00. The van der Waals surface area contributed by atoms with Crippen LogP contribution in [0.4, 0.5) is 11.4 Å². The molecule has 0 saturated carbocycles. The number of rotatable bonds is 6. The summed E-state index contributed by atoms with van der Waals surface area (Å²) < 4.78 is 5.43. The van der Waals surface area contributed by atoms with E-state index in [4.69, 9.17) is 16.3 Å². The lowest BCUT2D eigenvalue weighted by Crippen LogP contribution is -2.20. The minimum atomic E-state index is -0.318. The first-order valence-corrected chi connectivity index (χ1v) is 7.53. The molecule has 0 unspecified atom stereocenters. The van der Waals surface area contributed by atoms with E-state index in [9.17, 15) is 9.59 Å². The predicted molar refractivity (Wildman–Crippen MR) is 90.9 cm³/mol. The predicted octanol–water partition coefficient (Wildman–Crippen LogP) is 3.71. The molecule has 0 fully saturated rings. The molecular formula is C17H17ClN2O3. The third-order valence-corrected chi connectivity index (χ3v) is 3.29. The van der Waals surface area contributed by atoms with Crippen molar-refractivity contribution >= 4 is 34.8 Å². The molecular weight excluding hydrogens is 316 g/mol. The largest absolute Gasteiger partial charge is 0.484 e. The van der Waals surface area contributed by atoms with Crippen LogP contribution in [0.3, 0.4) is 0 Å². The van der Waals surface area contributed by atoms with Crippen molar-refractivity contribution in [1.82, 2.24) is 0 Å². The van der Waals surface area contributed by atoms with Gasteiger partial charge in [0.2, 0.25) is 5.91 Å². The first-order chi connectivity index (χ1) is 11.1. The smallest absolute Gasteiger partial charge is 0.262 e. The second-order valence-corrected chi connectivity index (χ2v) is 5.15. The second kappa shape index (κ2) is 8.19. The third-order valence-electron chi connectivity index (χ3n) is 2.96. The highest BCUT2D eigenvalue weighted by molar-refractivity contribution is 6.33. The van der Waals surface area contributed by atoms with Gasteiger partial charge in [-0.15, -0.1) is 0 Å². The number of ether oxygens (including phenoxy) is 1. The van der Waals surface area contributed by atoms with Gasteiger partial charge >= 0.3 is 0 Å². The molecule has 0 bridgehead atoms. The van der Waals surface area contributed by atoms with Crippen LogP contribution in [-0.2, 0) is 9.59 Å². The first kappa shape index (κ1) is 16.8. The number of carbonyl (C=O) groups is 2. The van der Waals surface area contributed by atoms with E-state index in [1.807, 2.05) is 0 Å². The van der Waals surface area contributed by atoms with Crippen LogP contribution in [0.5, 0.6) is 5.75 Å². The van der Waals surface area contributed by atoms with Crippen molar-refractivity contribution in [3.8, 4) is 5.75 Å². The Hall–Kier alpha value is -2.53. The molecule has 5 nitrogen and oxygen atoms in total. The highest BCUT2D eigenvalue weighted by Gasteiger charge is 2.07. The van der Waals surface area contributed by atoms with Crippen molar-refractivity contribution < 1.29 is 14.3 Å². The van der Waals surface area contributed by atoms with Crippen molar-refractivity contribution in [2.75, 3.05) is 17.2 Å². The Morgan fingerprint density at radius 1 is 1.04 bits per heavy atom. The lowest BCUT2D eigenvalue weighted by molar-refractivity contribution is -0.118. The van der Waals surface area contributed by atoms with Crippen molar-refractivity contribution in [1.29, 1.82) is 0 Å². The quantitative estimate of drug-likeness (QED) is 0.847. The molecule has 0 aromatic heterocycles. The molecule has 0 aliphatic rings. The maximum Gasteiger partial charge on any atom is 0.262 e. The van der Waals surface area contributed by atoms with Crippen molar-refractivity contribution in [2.24, 2.45) is 0 Å². The summed E-state index contributed by atoms with van der Waals surface area (Å²) in [6.45, 7) is 1.62. The van der Waals surface area contributed by atoms with Crippen molar-refractivity contribution in [3.05, 3.63) is 53.6 Å². The van der Waals surface area contributed by atoms with Gasteiger partial charge in [-0.25, -0.2) is 0 Å². The van der Waals surface area contributed by atoms with Gasteiger partial charge in [-0.2, -0.15) is 0 Å².